The van der Waals surface area contributed by atoms with Gasteiger partial charge in [0.2, 0.25) is 5.91 Å². The van der Waals surface area contributed by atoms with Crippen molar-refractivity contribution < 1.29 is 9.53 Å². The number of nitrogens with zero attached hydrogens (tertiary/aromatic N) is 2. The first kappa shape index (κ1) is 16.5. The zero-order valence-corrected chi connectivity index (χ0v) is 15.2. The van der Waals surface area contributed by atoms with Crippen LogP contribution in [-0.2, 0) is 17.8 Å². The van der Waals surface area contributed by atoms with Crippen LogP contribution in [0.3, 0.4) is 0 Å². The summed E-state index contributed by atoms with van der Waals surface area (Å²) in [6.07, 6.45) is 0.985. The lowest BCUT2D eigenvalue weighted by atomic mass is 9.99. The van der Waals surface area contributed by atoms with Gasteiger partial charge in [-0.05, 0) is 41.8 Å². The van der Waals surface area contributed by atoms with Crippen LogP contribution < -0.4 is 9.64 Å². The maximum atomic E-state index is 12.9. The molecule has 0 unspecified atom stereocenters. The fourth-order valence-electron chi connectivity index (χ4n) is 3.56. The first-order valence-electron chi connectivity index (χ1n) is 8.65. The number of thioether (sulfide) groups is 1. The van der Waals surface area contributed by atoms with E-state index in [0.29, 0.717) is 6.54 Å². The summed E-state index contributed by atoms with van der Waals surface area (Å²) < 4.78 is 5.33. The summed E-state index contributed by atoms with van der Waals surface area (Å²) in [5, 5.41) is 0. The van der Waals surface area contributed by atoms with Crippen LogP contribution >= 0.6 is 11.8 Å². The Morgan fingerprint density at radius 1 is 1.16 bits per heavy atom. The highest BCUT2D eigenvalue weighted by molar-refractivity contribution is 7.99. The fraction of sp³-hybridized carbons (Fsp3) is 0.350. The number of para-hydroxylation sites is 1. The van der Waals surface area contributed by atoms with Crippen molar-refractivity contribution in [2.45, 2.75) is 17.9 Å². The van der Waals surface area contributed by atoms with E-state index in [-0.39, 0.29) is 5.91 Å². The number of rotatable bonds is 3. The van der Waals surface area contributed by atoms with E-state index in [9.17, 15) is 4.79 Å². The van der Waals surface area contributed by atoms with E-state index in [1.54, 1.807) is 7.11 Å². The molecule has 2 heterocycles. The molecule has 0 bridgehead atoms. The van der Waals surface area contributed by atoms with Gasteiger partial charge < -0.3 is 9.64 Å². The van der Waals surface area contributed by atoms with Crippen LogP contribution in [0.15, 0.2) is 47.4 Å². The molecule has 4 rings (SSSR count). The first-order chi connectivity index (χ1) is 12.2. The highest BCUT2D eigenvalue weighted by Gasteiger charge is 2.25. The van der Waals surface area contributed by atoms with Crippen LogP contribution in [0.2, 0.25) is 0 Å². The van der Waals surface area contributed by atoms with Gasteiger partial charge in [-0.25, -0.2) is 0 Å². The van der Waals surface area contributed by atoms with Crippen LogP contribution in [0.5, 0.6) is 5.75 Å². The quantitative estimate of drug-likeness (QED) is 0.847. The van der Waals surface area contributed by atoms with Crippen molar-refractivity contribution in [3.05, 3.63) is 53.6 Å². The first-order valence-corrected chi connectivity index (χ1v) is 9.63. The largest absolute Gasteiger partial charge is 0.497 e. The maximum absolute atomic E-state index is 12.9. The number of hydrogen-bond donors (Lipinski definition) is 0. The minimum Gasteiger partial charge on any atom is -0.497 e. The Morgan fingerprint density at radius 2 is 2.04 bits per heavy atom. The van der Waals surface area contributed by atoms with Crippen molar-refractivity contribution in [2.24, 2.45) is 0 Å². The molecule has 0 aromatic heterocycles. The lowest BCUT2D eigenvalue weighted by molar-refractivity contribution is -0.119. The molecule has 4 nitrogen and oxygen atoms in total. The number of anilines is 1. The van der Waals surface area contributed by atoms with Gasteiger partial charge in [-0.1, -0.05) is 18.2 Å². The van der Waals surface area contributed by atoms with Crippen molar-refractivity contribution in [1.82, 2.24) is 4.90 Å². The monoisotopic (exact) mass is 354 g/mol. The Balaban J connectivity index is 1.47. The van der Waals surface area contributed by atoms with Crippen LogP contribution in [-0.4, -0.2) is 43.3 Å². The van der Waals surface area contributed by atoms with Gasteiger partial charge in [0.05, 0.1) is 19.3 Å². The van der Waals surface area contributed by atoms with Crippen LogP contribution in [0, 0.1) is 0 Å². The third kappa shape index (κ3) is 3.39. The third-order valence-corrected chi connectivity index (χ3v) is 5.94. The van der Waals surface area contributed by atoms with Crippen LogP contribution in [0.4, 0.5) is 5.69 Å². The molecule has 0 atom stereocenters. The molecule has 0 saturated heterocycles. The molecule has 0 N–H and O–H groups in total. The smallest absolute Gasteiger partial charge is 0.241 e. The Kier molecular flexibility index (Phi) is 4.68. The summed E-state index contributed by atoms with van der Waals surface area (Å²) in [5.41, 5.74) is 3.69. The average molecular weight is 354 g/mol. The zero-order valence-electron chi connectivity index (χ0n) is 14.4. The van der Waals surface area contributed by atoms with Gasteiger partial charge in [0.15, 0.2) is 0 Å². The second kappa shape index (κ2) is 7.10. The standard InChI is InChI=1S/C20H22N2O2S/c1-24-17-7-6-15-8-9-21(13-16(15)12-17)14-20(23)22-10-11-25-19-5-3-2-4-18(19)22/h2-7,12H,8-11,13-14H2,1H3. The van der Waals surface area contributed by atoms with E-state index in [1.165, 1.54) is 16.0 Å². The molecule has 5 heteroatoms. The molecule has 2 aliphatic rings. The van der Waals surface area contributed by atoms with E-state index in [4.69, 9.17) is 4.74 Å². The highest BCUT2D eigenvalue weighted by atomic mass is 32.2. The molecule has 130 valence electrons. The van der Waals surface area contributed by atoms with Crippen molar-refractivity contribution in [1.29, 1.82) is 0 Å². The lowest BCUT2D eigenvalue weighted by Crippen LogP contribution is -2.44. The number of methoxy groups -OCH3 is 1. The number of hydrogen-bond acceptors (Lipinski definition) is 4. The zero-order chi connectivity index (χ0) is 17.2. The maximum Gasteiger partial charge on any atom is 0.241 e. The van der Waals surface area contributed by atoms with Gasteiger partial charge in [0.25, 0.3) is 0 Å². The number of benzene rings is 2. The molecule has 2 aromatic rings. The van der Waals surface area contributed by atoms with Gasteiger partial charge in [-0.2, -0.15) is 0 Å². The van der Waals surface area contributed by atoms with Crippen LogP contribution in [0.25, 0.3) is 0 Å². The van der Waals surface area contributed by atoms with Crippen molar-refractivity contribution in [3.63, 3.8) is 0 Å². The third-order valence-electron chi connectivity index (χ3n) is 4.89. The number of amides is 1. The molecule has 0 spiro atoms. The topological polar surface area (TPSA) is 32.8 Å². The minimum absolute atomic E-state index is 0.194. The van der Waals surface area contributed by atoms with Crippen molar-refractivity contribution in [2.75, 3.05) is 37.4 Å². The van der Waals surface area contributed by atoms with E-state index in [1.807, 2.05) is 34.9 Å². The molecule has 0 saturated carbocycles. The molecule has 0 aliphatic carbocycles. The number of fused-ring (bicyclic) bond motifs is 2. The summed E-state index contributed by atoms with van der Waals surface area (Å²) in [4.78, 5) is 18.3. The molecular formula is C20H22N2O2S. The second-order valence-corrected chi connectivity index (χ2v) is 7.59. The number of carbonyl (C=O) groups excluding carboxylic acids is 1. The Labute approximate surface area is 152 Å². The van der Waals surface area contributed by atoms with Gasteiger partial charge in [-0.3, -0.25) is 9.69 Å². The van der Waals surface area contributed by atoms with E-state index < -0.39 is 0 Å². The van der Waals surface area contributed by atoms with E-state index in [0.717, 1.165) is 43.2 Å². The van der Waals surface area contributed by atoms with E-state index >= 15 is 0 Å². The number of carbonyl (C=O) groups is 1. The summed E-state index contributed by atoms with van der Waals surface area (Å²) in [6.45, 7) is 2.99. The van der Waals surface area contributed by atoms with E-state index in [2.05, 4.69) is 29.2 Å². The summed E-state index contributed by atoms with van der Waals surface area (Å²) >= 11 is 1.83. The van der Waals surface area contributed by atoms with Gasteiger partial charge >= 0.3 is 0 Å². The Hall–Kier alpha value is -1.98. The molecule has 2 aromatic carbocycles. The highest BCUT2D eigenvalue weighted by Crippen LogP contribution is 2.34. The number of ether oxygens (including phenoxy) is 1. The molecular weight excluding hydrogens is 332 g/mol. The van der Waals surface area contributed by atoms with Crippen LogP contribution in [0.1, 0.15) is 11.1 Å². The predicted octanol–water partition coefficient (Wildman–Crippen LogP) is 3.19. The van der Waals surface area contributed by atoms with Crippen molar-refractivity contribution in [3.8, 4) is 5.75 Å². The molecule has 25 heavy (non-hydrogen) atoms. The Morgan fingerprint density at radius 3 is 2.92 bits per heavy atom. The predicted molar refractivity (Wildman–Crippen MR) is 101 cm³/mol. The minimum atomic E-state index is 0.194. The normalized spacial score (nSPS) is 16.9. The fourth-order valence-corrected chi connectivity index (χ4v) is 4.55. The SMILES string of the molecule is COc1ccc2c(c1)CN(CC(=O)N1CCSc3ccccc31)CC2. The van der Waals surface area contributed by atoms with Gasteiger partial charge in [0.1, 0.15) is 5.75 Å². The van der Waals surface area contributed by atoms with Crippen molar-refractivity contribution >= 4 is 23.4 Å². The molecule has 0 radical (unpaired) electrons. The second-order valence-electron chi connectivity index (χ2n) is 6.46. The van der Waals surface area contributed by atoms with Gasteiger partial charge in [-0.15, -0.1) is 11.8 Å². The summed E-state index contributed by atoms with van der Waals surface area (Å²) in [7, 11) is 1.69. The van der Waals surface area contributed by atoms with Gasteiger partial charge in [0, 0.05) is 30.3 Å². The Bertz CT molecular complexity index is 793. The lowest BCUT2D eigenvalue weighted by Gasteiger charge is -2.33. The summed E-state index contributed by atoms with van der Waals surface area (Å²) in [5.74, 6) is 2.04. The molecule has 1 amide bonds. The molecule has 0 fully saturated rings. The molecule has 2 aliphatic heterocycles. The summed E-state index contributed by atoms with van der Waals surface area (Å²) in [6, 6.07) is 14.5. The average Bonchev–Trinajstić information content (AvgIpc) is 2.66.